The SMILES string of the molecule is COc1cccc(N(CCC(=O)N2CCc3ccccc3C2)S(C)(=O)=O)c1. The Morgan fingerprint density at radius 1 is 1.15 bits per heavy atom. The van der Waals surface area contributed by atoms with Crippen molar-refractivity contribution < 1.29 is 17.9 Å². The molecule has 0 aliphatic carbocycles. The first-order valence-electron chi connectivity index (χ1n) is 8.85. The lowest BCUT2D eigenvalue weighted by Gasteiger charge is -2.30. The zero-order valence-electron chi connectivity index (χ0n) is 15.6. The van der Waals surface area contributed by atoms with Gasteiger partial charge in [-0.3, -0.25) is 9.10 Å². The van der Waals surface area contributed by atoms with Crippen LogP contribution in [0.5, 0.6) is 5.75 Å². The lowest BCUT2D eigenvalue weighted by atomic mass is 10.00. The molecule has 0 radical (unpaired) electrons. The number of anilines is 1. The Bertz CT molecular complexity index is 927. The van der Waals surface area contributed by atoms with Gasteiger partial charge >= 0.3 is 0 Å². The lowest BCUT2D eigenvalue weighted by Crippen LogP contribution is -2.39. The van der Waals surface area contributed by atoms with Gasteiger partial charge in [0.1, 0.15) is 5.75 Å². The Hall–Kier alpha value is -2.54. The summed E-state index contributed by atoms with van der Waals surface area (Å²) in [6.07, 6.45) is 2.11. The molecular weight excluding hydrogens is 364 g/mol. The van der Waals surface area contributed by atoms with E-state index in [1.807, 2.05) is 18.2 Å². The van der Waals surface area contributed by atoms with Gasteiger partial charge in [-0.15, -0.1) is 0 Å². The van der Waals surface area contributed by atoms with Crippen LogP contribution < -0.4 is 9.04 Å². The van der Waals surface area contributed by atoms with Gasteiger partial charge in [-0.25, -0.2) is 8.42 Å². The highest BCUT2D eigenvalue weighted by molar-refractivity contribution is 7.92. The summed E-state index contributed by atoms with van der Waals surface area (Å²) in [5.41, 5.74) is 2.93. The lowest BCUT2D eigenvalue weighted by molar-refractivity contribution is -0.131. The van der Waals surface area contributed by atoms with Gasteiger partial charge in [-0.2, -0.15) is 0 Å². The van der Waals surface area contributed by atoms with Crippen molar-refractivity contribution >= 4 is 21.6 Å². The van der Waals surface area contributed by atoms with Gasteiger partial charge in [0.2, 0.25) is 15.9 Å². The minimum absolute atomic E-state index is 0.0407. The van der Waals surface area contributed by atoms with E-state index in [1.54, 1.807) is 29.2 Å². The third-order valence-corrected chi connectivity index (χ3v) is 5.95. The topological polar surface area (TPSA) is 66.9 Å². The van der Waals surface area contributed by atoms with E-state index in [1.165, 1.54) is 17.0 Å². The highest BCUT2D eigenvalue weighted by Crippen LogP contribution is 2.24. The standard InChI is InChI=1S/C20H24N2O4S/c1-26-19-9-5-8-18(14-19)22(27(2,24)25)13-11-20(23)21-12-10-16-6-3-4-7-17(16)15-21/h3-9,14H,10-13,15H2,1-2H3. The summed E-state index contributed by atoms with van der Waals surface area (Å²) in [4.78, 5) is 14.5. The largest absolute Gasteiger partial charge is 0.497 e. The molecule has 2 aromatic rings. The number of nitrogens with zero attached hydrogens (tertiary/aromatic N) is 2. The highest BCUT2D eigenvalue weighted by atomic mass is 32.2. The van der Waals surface area contributed by atoms with Crippen LogP contribution >= 0.6 is 0 Å². The van der Waals surface area contributed by atoms with Crippen LogP contribution in [0.2, 0.25) is 0 Å². The molecule has 1 aliphatic heterocycles. The Morgan fingerprint density at radius 3 is 2.59 bits per heavy atom. The third kappa shape index (κ3) is 4.60. The summed E-state index contributed by atoms with van der Waals surface area (Å²) in [6, 6.07) is 14.9. The Labute approximate surface area is 160 Å². The van der Waals surface area contributed by atoms with Gasteiger partial charge in [-0.05, 0) is 29.7 Å². The van der Waals surface area contributed by atoms with Crippen molar-refractivity contribution in [3.63, 3.8) is 0 Å². The smallest absolute Gasteiger partial charge is 0.232 e. The average Bonchev–Trinajstić information content (AvgIpc) is 2.66. The first-order chi connectivity index (χ1) is 12.9. The minimum atomic E-state index is -3.51. The number of hydrogen-bond donors (Lipinski definition) is 0. The number of rotatable bonds is 6. The second kappa shape index (κ2) is 8.00. The van der Waals surface area contributed by atoms with Crippen molar-refractivity contribution in [1.82, 2.24) is 4.90 Å². The number of sulfonamides is 1. The molecule has 0 atom stereocenters. The third-order valence-electron chi connectivity index (χ3n) is 4.75. The van der Waals surface area contributed by atoms with Crippen LogP contribution in [0, 0.1) is 0 Å². The van der Waals surface area contributed by atoms with E-state index in [4.69, 9.17) is 4.74 Å². The molecule has 0 unspecified atom stereocenters. The number of amides is 1. The number of carbonyl (C=O) groups is 1. The molecule has 0 saturated heterocycles. The predicted molar refractivity (Wildman–Crippen MR) is 105 cm³/mol. The molecule has 0 N–H and O–H groups in total. The Balaban J connectivity index is 1.70. The summed E-state index contributed by atoms with van der Waals surface area (Å²) in [5.74, 6) is 0.529. The van der Waals surface area contributed by atoms with Crippen molar-refractivity contribution in [1.29, 1.82) is 0 Å². The second-order valence-corrected chi connectivity index (χ2v) is 8.53. The maximum absolute atomic E-state index is 12.7. The fraction of sp³-hybridized carbons (Fsp3) is 0.350. The van der Waals surface area contributed by atoms with Gasteiger partial charge in [0.25, 0.3) is 0 Å². The van der Waals surface area contributed by atoms with Crippen molar-refractivity contribution in [3.05, 3.63) is 59.7 Å². The van der Waals surface area contributed by atoms with Gasteiger partial charge in [0.15, 0.2) is 0 Å². The molecule has 0 saturated carbocycles. The molecular formula is C20H24N2O4S. The van der Waals surface area contributed by atoms with Crippen molar-refractivity contribution in [2.45, 2.75) is 19.4 Å². The zero-order valence-corrected chi connectivity index (χ0v) is 16.4. The van der Waals surface area contributed by atoms with Gasteiger partial charge in [0, 0.05) is 32.1 Å². The molecule has 2 aromatic carbocycles. The summed E-state index contributed by atoms with van der Waals surface area (Å²) in [5, 5.41) is 0. The van der Waals surface area contributed by atoms with Crippen LogP contribution in [0.25, 0.3) is 0 Å². The van der Waals surface area contributed by atoms with E-state index in [0.717, 1.165) is 18.2 Å². The molecule has 1 aliphatic rings. The van der Waals surface area contributed by atoms with Crippen LogP contribution in [0.15, 0.2) is 48.5 Å². The van der Waals surface area contributed by atoms with Gasteiger partial charge < -0.3 is 9.64 Å². The van der Waals surface area contributed by atoms with Crippen LogP contribution in [0.3, 0.4) is 0 Å². The molecule has 0 bridgehead atoms. The summed E-state index contributed by atoms with van der Waals surface area (Å²) < 4.78 is 30.9. The fourth-order valence-electron chi connectivity index (χ4n) is 3.32. The normalized spacial score (nSPS) is 13.8. The summed E-state index contributed by atoms with van der Waals surface area (Å²) >= 11 is 0. The first-order valence-corrected chi connectivity index (χ1v) is 10.7. The van der Waals surface area contributed by atoms with E-state index in [2.05, 4.69) is 6.07 Å². The Morgan fingerprint density at radius 2 is 1.89 bits per heavy atom. The molecule has 6 nitrogen and oxygen atoms in total. The zero-order chi connectivity index (χ0) is 19.4. The number of hydrogen-bond acceptors (Lipinski definition) is 4. The number of benzene rings is 2. The predicted octanol–water partition coefficient (Wildman–Crippen LogP) is 2.44. The van der Waals surface area contributed by atoms with E-state index < -0.39 is 10.0 Å². The maximum atomic E-state index is 12.7. The molecule has 144 valence electrons. The van der Waals surface area contributed by atoms with E-state index in [-0.39, 0.29) is 18.9 Å². The molecule has 0 fully saturated rings. The van der Waals surface area contributed by atoms with E-state index in [9.17, 15) is 13.2 Å². The molecule has 3 rings (SSSR count). The minimum Gasteiger partial charge on any atom is -0.497 e. The van der Waals surface area contributed by atoms with Crippen molar-refractivity contribution in [2.75, 3.05) is 30.8 Å². The number of carbonyl (C=O) groups excluding carboxylic acids is 1. The van der Waals surface area contributed by atoms with Crippen molar-refractivity contribution in [3.8, 4) is 5.75 Å². The average molecular weight is 388 g/mol. The van der Waals surface area contributed by atoms with Crippen LogP contribution in [0.1, 0.15) is 17.5 Å². The summed E-state index contributed by atoms with van der Waals surface area (Å²) in [7, 11) is -1.98. The quantitative estimate of drug-likeness (QED) is 0.762. The van der Waals surface area contributed by atoms with Gasteiger partial charge in [-0.1, -0.05) is 30.3 Å². The molecule has 7 heteroatoms. The molecule has 1 heterocycles. The van der Waals surface area contributed by atoms with E-state index >= 15 is 0 Å². The number of ether oxygens (including phenoxy) is 1. The number of fused-ring (bicyclic) bond motifs is 1. The Kier molecular flexibility index (Phi) is 5.70. The highest BCUT2D eigenvalue weighted by Gasteiger charge is 2.23. The van der Waals surface area contributed by atoms with Crippen LogP contribution in [-0.2, 0) is 27.8 Å². The first kappa shape index (κ1) is 19.2. The molecule has 0 aromatic heterocycles. The second-order valence-electron chi connectivity index (χ2n) is 6.62. The van der Waals surface area contributed by atoms with Gasteiger partial charge in [0.05, 0.1) is 19.1 Å². The van der Waals surface area contributed by atoms with Crippen LogP contribution in [-0.4, -0.2) is 45.7 Å². The monoisotopic (exact) mass is 388 g/mol. The molecule has 0 spiro atoms. The van der Waals surface area contributed by atoms with Crippen molar-refractivity contribution in [2.24, 2.45) is 0 Å². The number of methoxy groups -OCH3 is 1. The molecule has 1 amide bonds. The van der Waals surface area contributed by atoms with Crippen LogP contribution in [0.4, 0.5) is 5.69 Å². The fourth-order valence-corrected chi connectivity index (χ4v) is 4.24. The summed E-state index contributed by atoms with van der Waals surface area (Å²) in [6.45, 7) is 1.34. The molecule has 27 heavy (non-hydrogen) atoms. The maximum Gasteiger partial charge on any atom is 0.232 e. The van der Waals surface area contributed by atoms with E-state index in [0.29, 0.717) is 24.5 Å².